The molecule has 0 bridgehead atoms. The Bertz CT molecular complexity index is 388. The van der Waals surface area contributed by atoms with Gasteiger partial charge in [0, 0.05) is 17.1 Å². The molecular weight excluding hydrogens is 310 g/mol. The summed E-state index contributed by atoms with van der Waals surface area (Å²) in [6.07, 6.45) is 7.00. The molecule has 1 aliphatic rings. The van der Waals surface area contributed by atoms with Gasteiger partial charge in [0.25, 0.3) is 0 Å². The smallest absolute Gasteiger partial charge is 0.0551 e. The lowest BCUT2D eigenvalue weighted by atomic mass is 9.84. The van der Waals surface area contributed by atoms with E-state index in [2.05, 4.69) is 34.2 Å². The summed E-state index contributed by atoms with van der Waals surface area (Å²) in [5, 5.41) is 4.43. The molecule has 1 aromatic carbocycles. The molecule has 100 valence electrons. The molecule has 1 atom stereocenters. The molecule has 1 aliphatic carbocycles. The van der Waals surface area contributed by atoms with Crippen LogP contribution < -0.4 is 5.32 Å². The minimum Gasteiger partial charge on any atom is -0.310 e. The molecule has 0 aliphatic heterocycles. The van der Waals surface area contributed by atoms with Crippen LogP contribution in [0.2, 0.25) is 5.02 Å². The van der Waals surface area contributed by atoms with E-state index in [-0.39, 0.29) is 0 Å². The summed E-state index contributed by atoms with van der Waals surface area (Å²) in [6, 6.07) is 6.78. The van der Waals surface area contributed by atoms with Gasteiger partial charge in [0.2, 0.25) is 0 Å². The zero-order chi connectivity index (χ0) is 13.0. The zero-order valence-electron chi connectivity index (χ0n) is 10.9. The summed E-state index contributed by atoms with van der Waals surface area (Å²) >= 11 is 9.52. The van der Waals surface area contributed by atoms with Gasteiger partial charge in [-0.1, -0.05) is 36.9 Å². The SMILES string of the molecule is C[C@H](NCc1ccc(Br)c(Cl)c1)C1CCCCC1. The number of benzene rings is 1. The molecule has 0 unspecified atom stereocenters. The normalized spacial score (nSPS) is 18.8. The fraction of sp³-hybridized carbons (Fsp3) is 0.600. The first-order valence-corrected chi connectivity index (χ1v) is 8.01. The van der Waals surface area contributed by atoms with Crippen molar-refractivity contribution in [3.63, 3.8) is 0 Å². The van der Waals surface area contributed by atoms with Crippen molar-refractivity contribution in [3.8, 4) is 0 Å². The average molecular weight is 331 g/mol. The molecule has 0 spiro atoms. The minimum atomic E-state index is 0.604. The first kappa shape index (κ1) is 14.4. The van der Waals surface area contributed by atoms with Crippen LogP contribution in [0.5, 0.6) is 0 Å². The van der Waals surface area contributed by atoms with Crippen LogP contribution in [0.1, 0.15) is 44.6 Å². The maximum Gasteiger partial charge on any atom is 0.0551 e. The number of nitrogens with one attached hydrogen (secondary N) is 1. The molecule has 0 amide bonds. The Hall–Kier alpha value is -0.0500. The van der Waals surface area contributed by atoms with Gasteiger partial charge in [0.15, 0.2) is 0 Å². The van der Waals surface area contributed by atoms with Crippen LogP contribution in [0, 0.1) is 5.92 Å². The highest BCUT2D eigenvalue weighted by atomic mass is 79.9. The first-order chi connectivity index (χ1) is 8.66. The Morgan fingerprint density at radius 3 is 2.72 bits per heavy atom. The zero-order valence-corrected chi connectivity index (χ0v) is 13.2. The summed E-state index contributed by atoms with van der Waals surface area (Å²) in [6.45, 7) is 3.22. The van der Waals surface area contributed by atoms with Gasteiger partial charge < -0.3 is 5.32 Å². The molecule has 0 saturated heterocycles. The molecule has 1 fully saturated rings. The summed E-state index contributed by atoms with van der Waals surface area (Å²) in [7, 11) is 0. The van der Waals surface area contributed by atoms with E-state index in [9.17, 15) is 0 Å². The molecule has 0 heterocycles. The van der Waals surface area contributed by atoms with Crippen molar-refractivity contribution in [2.75, 3.05) is 0 Å². The molecule has 1 saturated carbocycles. The lowest BCUT2D eigenvalue weighted by Gasteiger charge is -2.28. The summed E-state index contributed by atoms with van der Waals surface area (Å²) in [5.74, 6) is 0.852. The van der Waals surface area contributed by atoms with Crippen LogP contribution in [0.4, 0.5) is 0 Å². The fourth-order valence-corrected chi connectivity index (χ4v) is 3.18. The van der Waals surface area contributed by atoms with E-state index in [1.54, 1.807) is 0 Å². The van der Waals surface area contributed by atoms with E-state index in [1.165, 1.54) is 37.7 Å². The third-order valence-corrected chi connectivity index (χ3v) is 5.20. The minimum absolute atomic E-state index is 0.604. The van der Waals surface area contributed by atoms with E-state index in [1.807, 2.05) is 12.1 Å². The van der Waals surface area contributed by atoms with Gasteiger partial charge >= 0.3 is 0 Å². The van der Waals surface area contributed by atoms with E-state index < -0.39 is 0 Å². The van der Waals surface area contributed by atoms with Crippen LogP contribution in [0.25, 0.3) is 0 Å². The summed E-state index contributed by atoms with van der Waals surface area (Å²) in [4.78, 5) is 0. The van der Waals surface area contributed by atoms with Gasteiger partial charge in [-0.25, -0.2) is 0 Å². The van der Waals surface area contributed by atoms with E-state index in [0.717, 1.165) is 22.0 Å². The van der Waals surface area contributed by atoms with Gasteiger partial charge in [-0.15, -0.1) is 0 Å². The molecule has 18 heavy (non-hydrogen) atoms. The van der Waals surface area contributed by atoms with Crippen molar-refractivity contribution in [2.45, 2.75) is 51.6 Å². The fourth-order valence-electron chi connectivity index (χ4n) is 2.73. The molecule has 0 radical (unpaired) electrons. The maximum atomic E-state index is 6.10. The predicted octanol–water partition coefficient (Wildman–Crippen LogP) is 5.16. The Kier molecular flexibility index (Phi) is 5.53. The van der Waals surface area contributed by atoms with Crippen molar-refractivity contribution in [3.05, 3.63) is 33.3 Å². The van der Waals surface area contributed by atoms with E-state index in [4.69, 9.17) is 11.6 Å². The summed E-state index contributed by atoms with van der Waals surface area (Å²) < 4.78 is 0.966. The van der Waals surface area contributed by atoms with Gasteiger partial charge in [-0.05, 0) is 59.3 Å². The second-order valence-electron chi connectivity index (χ2n) is 5.32. The Balaban J connectivity index is 1.84. The van der Waals surface area contributed by atoms with Gasteiger partial charge in [0.05, 0.1) is 5.02 Å². The standard InChI is InChI=1S/C15H21BrClN/c1-11(13-5-3-2-4-6-13)18-10-12-7-8-14(16)15(17)9-12/h7-9,11,13,18H,2-6,10H2,1H3/t11-/m0/s1. The molecule has 1 aromatic rings. The Morgan fingerprint density at radius 1 is 1.33 bits per heavy atom. The highest BCUT2D eigenvalue weighted by Gasteiger charge is 2.19. The van der Waals surface area contributed by atoms with Gasteiger partial charge in [-0.3, -0.25) is 0 Å². The second-order valence-corrected chi connectivity index (χ2v) is 6.58. The third-order valence-electron chi connectivity index (χ3n) is 3.97. The lowest BCUT2D eigenvalue weighted by Crippen LogP contribution is -2.34. The van der Waals surface area contributed by atoms with Crippen molar-refractivity contribution < 1.29 is 0 Å². The topological polar surface area (TPSA) is 12.0 Å². The highest BCUT2D eigenvalue weighted by Crippen LogP contribution is 2.27. The van der Waals surface area contributed by atoms with Crippen molar-refractivity contribution in [2.24, 2.45) is 5.92 Å². The second kappa shape index (κ2) is 6.93. The maximum absolute atomic E-state index is 6.10. The van der Waals surface area contributed by atoms with E-state index >= 15 is 0 Å². The number of hydrogen-bond acceptors (Lipinski definition) is 1. The number of hydrogen-bond donors (Lipinski definition) is 1. The molecule has 1 nitrogen and oxygen atoms in total. The molecular formula is C15H21BrClN. The quantitative estimate of drug-likeness (QED) is 0.804. The predicted molar refractivity (Wildman–Crippen MR) is 82.0 cm³/mol. The molecule has 1 N–H and O–H groups in total. The van der Waals surface area contributed by atoms with Gasteiger partial charge in [-0.2, -0.15) is 0 Å². The Labute approximate surface area is 123 Å². The largest absolute Gasteiger partial charge is 0.310 e. The van der Waals surface area contributed by atoms with Crippen molar-refractivity contribution in [1.82, 2.24) is 5.32 Å². The Morgan fingerprint density at radius 2 is 2.06 bits per heavy atom. The monoisotopic (exact) mass is 329 g/mol. The highest BCUT2D eigenvalue weighted by molar-refractivity contribution is 9.10. The molecule has 3 heteroatoms. The van der Waals surface area contributed by atoms with Gasteiger partial charge in [0.1, 0.15) is 0 Å². The molecule has 2 rings (SSSR count). The lowest BCUT2D eigenvalue weighted by molar-refractivity contribution is 0.280. The third kappa shape index (κ3) is 3.97. The summed E-state index contributed by atoms with van der Waals surface area (Å²) in [5.41, 5.74) is 1.26. The van der Waals surface area contributed by atoms with Crippen molar-refractivity contribution in [1.29, 1.82) is 0 Å². The van der Waals surface area contributed by atoms with Crippen molar-refractivity contribution >= 4 is 27.5 Å². The van der Waals surface area contributed by atoms with Crippen LogP contribution >= 0.6 is 27.5 Å². The first-order valence-electron chi connectivity index (χ1n) is 6.84. The van der Waals surface area contributed by atoms with Crippen LogP contribution in [0.3, 0.4) is 0 Å². The average Bonchev–Trinajstić information content (AvgIpc) is 2.41. The number of halogens is 2. The number of rotatable bonds is 4. The van der Waals surface area contributed by atoms with E-state index in [0.29, 0.717) is 6.04 Å². The molecule has 0 aromatic heterocycles. The van der Waals surface area contributed by atoms with Crippen LogP contribution in [-0.2, 0) is 6.54 Å². The van der Waals surface area contributed by atoms with Crippen LogP contribution in [0.15, 0.2) is 22.7 Å². The van der Waals surface area contributed by atoms with Crippen LogP contribution in [-0.4, -0.2) is 6.04 Å².